The van der Waals surface area contributed by atoms with Gasteiger partial charge in [0.2, 0.25) is 5.88 Å². The predicted molar refractivity (Wildman–Crippen MR) is 59.8 cm³/mol. The van der Waals surface area contributed by atoms with E-state index in [4.69, 9.17) is 9.47 Å². The third kappa shape index (κ3) is 2.02. The van der Waals surface area contributed by atoms with E-state index in [0.29, 0.717) is 25.1 Å². The maximum atomic E-state index is 5.44. The summed E-state index contributed by atoms with van der Waals surface area (Å²) in [6, 6.07) is 2.34. The number of fused-ring (bicyclic) bond motifs is 1. The highest BCUT2D eigenvalue weighted by molar-refractivity contribution is 7.16. The third-order valence-corrected chi connectivity index (χ3v) is 2.63. The van der Waals surface area contributed by atoms with Crippen molar-refractivity contribution in [1.82, 2.24) is 9.97 Å². The summed E-state index contributed by atoms with van der Waals surface area (Å²) in [5, 5.41) is 2.92. The second-order valence-electron chi connectivity index (χ2n) is 2.82. The van der Waals surface area contributed by atoms with Gasteiger partial charge in [-0.15, -0.1) is 11.3 Å². The quantitative estimate of drug-likeness (QED) is 0.800. The molecule has 0 fully saturated rings. The van der Waals surface area contributed by atoms with Crippen LogP contribution in [0.15, 0.2) is 11.4 Å². The van der Waals surface area contributed by atoms with Gasteiger partial charge in [0.05, 0.1) is 18.6 Å². The summed E-state index contributed by atoms with van der Waals surface area (Å²) >= 11 is 1.56. The molecule has 0 aromatic carbocycles. The summed E-state index contributed by atoms with van der Waals surface area (Å²) in [7, 11) is 0. The van der Waals surface area contributed by atoms with Gasteiger partial charge in [-0.3, -0.25) is 0 Å². The smallest absolute Gasteiger partial charge is 0.321 e. The normalized spacial score (nSPS) is 10.5. The highest BCUT2D eigenvalue weighted by Gasteiger charge is 2.09. The van der Waals surface area contributed by atoms with E-state index in [-0.39, 0.29) is 0 Å². The van der Waals surface area contributed by atoms with Gasteiger partial charge in [0.15, 0.2) is 0 Å². The van der Waals surface area contributed by atoms with Gasteiger partial charge in [-0.25, -0.2) is 0 Å². The van der Waals surface area contributed by atoms with Gasteiger partial charge in [-0.1, -0.05) is 0 Å². The molecule has 0 saturated heterocycles. The molecule has 5 heteroatoms. The Bertz CT molecular complexity index is 456. The number of ether oxygens (including phenoxy) is 2. The Hall–Kier alpha value is -1.36. The van der Waals surface area contributed by atoms with Crippen LogP contribution in [-0.4, -0.2) is 23.2 Å². The van der Waals surface area contributed by atoms with E-state index in [1.54, 1.807) is 11.3 Å². The summed E-state index contributed by atoms with van der Waals surface area (Å²) in [4.78, 5) is 9.38. The van der Waals surface area contributed by atoms with E-state index in [0.717, 1.165) is 10.2 Å². The second-order valence-corrected chi connectivity index (χ2v) is 3.71. The molecule has 15 heavy (non-hydrogen) atoms. The van der Waals surface area contributed by atoms with Crippen LogP contribution in [0.3, 0.4) is 0 Å². The third-order valence-electron chi connectivity index (χ3n) is 1.82. The van der Waals surface area contributed by atoms with Crippen molar-refractivity contribution in [2.24, 2.45) is 0 Å². The zero-order chi connectivity index (χ0) is 10.7. The van der Waals surface area contributed by atoms with Gasteiger partial charge in [-0.05, 0) is 25.3 Å². The molecule has 80 valence electrons. The van der Waals surface area contributed by atoms with E-state index >= 15 is 0 Å². The first-order chi connectivity index (χ1) is 7.35. The van der Waals surface area contributed by atoms with Crippen molar-refractivity contribution < 1.29 is 9.47 Å². The van der Waals surface area contributed by atoms with Crippen molar-refractivity contribution in [2.75, 3.05) is 13.2 Å². The van der Waals surface area contributed by atoms with Crippen LogP contribution in [0.1, 0.15) is 13.8 Å². The highest BCUT2D eigenvalue weighted by atomic mass is 32.1. The molecule has 4 nitrogen and oxygen atoms in total. The SMILES string of the molecule is CCOc1nc(OCC)c2ccsc2n1. The van der Waals surface area contributed by atoms with Gasteiger partial charge in [0.1, 0.15) is 4.83 Å². The molecule has 0 aliphatic rings. The van der Waals surface area contributed by atoms with Crippen molar-refractivity contribution in [3.8, 4) is 11.9 Å². The molecule has 0 unspecified atom stereocenters. The molecule has 0 spiro atoms. The van der Waals surface area contributed by atoms with Crippen molar-refractivity contribution in [2.45, 2.75) is 13.8 Å². The lowest BCUT2D eigenvalue weighted by atomic mass is 10.4. The van der Waals surface area contributed by atoms with Gasteiger partial charge >= 0.3 is 6.01 Å². The van der Waals surface area contributed by atoms with Crippen LogP contribution in [0.4, 0.5) is 0 Å². The fourth-order valence-corrected chi connectivity index (χ4v) is 2.00. The number of rotatable bonds is 4. The summed E-state index contributed by atoms with van der Waals surface area (Å²) < 4.78 is 10.7. The molecule has 2 heterocycles. The Morgan fingerprint density at radius 1 is 1.20 bits per heavy atom. The van der Waals surface area contributed by atoms with E-state index < -0.39 is 0 Å². The molecule has 0 radical (unpaired) electrons. The number of hydrogen-bond acceptors (Lipinski definition) is 5. The molecule has 2 rings (SSSR count). The topological polar surface area (TPSA) is 44.2 Å². The molecule has 0 saturated carbocycles. The summed E-state index contributed by atoms with van der Waals surface area (Å²) in [5.74, 6) is 0.604. The van der Waals surface area contributed by atoms with Crippen molar-refractivity contribution in [1.29, 1.82) is 0 Å². The predicted octanol–water partition coefficient (Wildman–Crippen LogP) is 2.49. The average molecular weight is 224 g/mol. The van der Waals surface area contributed by atoms with Gasteiger partial charge in [-0.2, -0.15) is 9.97 Å². The minimum absolute atomic E-state index is 0.385. The van der Waals surface area contributed by atoms with Crippen LogP contribution in [-0.2, 0) is 0 Å². The van der Waals surface area contributed by atoms with E-state index in [1.165, 1.54) is 0 Å². The lowest BCUT2D eigenvalue weighted by Gasteiger charge is -2.05. The highest BCUT2D eigenvalue weighted by Crippen LogP contribution is 2.28. The molecule has 0 atom stereocenters. The van der Waals surface area contributed by atoms with Crippen LogP contribution in [0.5, 0.6) is 11.9 Å². The van der Waals surface area contributed by atoms with E-state index in [2.05, 4.69) is 9.97 Å². The maximum Gasteiger partial charge on any atom is 0.321 e. The lowest BCUT2D eigenvalue weighted by molar-refractivity contribution is 0.293. The number of hydrogen-bond donors (Lipinski definition) is 0. The first-order valence-electron chi connectivity index (χ1n) is 4.86. The molecule has 0 bridgehead atoms. The van der Waals surface area contributed by atoms with Crippen molar-refractivity contribution in [3.05, 3.63) is 11.4 Å². The zero-order valence-corrected chi connectivity index (χ0v) is 9.50. The fourth-order valence-electron chi connectivity index (χ4n) is 1.25. The second kappa shape index (κ2) is 4.44. The molecule has 0 N–H and O–H groups in total. The number of aromatic nitrogens is 2. The first kappa shape index (κ1) is 10.2. The van der Waals surface area contributed by atoms with Crippen molar-refractivity contribution >= 4 is 21.6 Å². The Balaban J connectivity index is 2.48. The maximum absolute atomic E-state index is 5.44. The first-order valence-corrected chi connectivity index (χ1v) is 5.74. The molecular formula is C10H12N2O2S. The van der Waals surface area contributed by atoms with Gasteiger partial charge in [0, 0.05) is 0 Å². The van der Waals surface area contributed by atoms with Crippen LogP contribution in [0.25, 0.3) is 10.2 Å². The molecule has 2 aromatic rings. The minimum atomic E-state index is 0.385. The Morgan fingerprint density at radius 3 is 2.73 bits per heavy atom. The minimum Gasteiger partial charge on any atom is -0.477 e. The average Bonchev–Trinajstić information content (AvgIpc) is 2.67. The van der Waals surface area contributed by atoms with Crippen LogP contribution in [0, 0.1) is 0 Å². The van der Waals surface area contributed by atoms with E-state index in [9.17, 15) is 0 Å². The summed E-state index contributed by atoms with van der Waals surface area (Å²) in [6.07, 6.45) is 0. The molecule has 0 amide bonds. The Kier molecular flexibility index (Phi) is 3.01. The molecule has 2 aromatic heterocycles. The van der Waals surface area contributed by atoms with Crippen LogP contribution >= 0.6 is 11.3 Å². The summed E-state index contributed by atoms with van der Waals surface area (Å²) in [6.45, 7) is 4.99. The number of thiophene rings is 1. The van der Waals surface area contributed by atoms with Gasteiger partial charge < -0.3 is 9.47 Å². The lowest BCUT2D eigenvalue weighted by Crippen LogP contribution is -2.01. The molecular weight excluding hydrogens is 212 g/mol. The summed E-state index contributed by atoms with van der Waals surface area (Å²) in [5.41, 5.74) is 0. The standard InChI is InChI=1S/C10H12N2O2S/c1-3-13-8-7-5-6-15-9(7)12-10(11-8)14-4-2/h5-6H,3-4H2,1-2H3. The largest absolute Gasteiger partial charge is 0.477 e. The van der Waals surface area contributed by atoms with Crippen LogP contribution in [0.2, 0.25) is 0 Å². The molecule has 0 aliphatic carbocycles. The van der Waals surface area contributed by atoms with Gasteiger partial charge in [0.25, 0.3) is 0 Å². The monoisotopic (exact) mass is 224 g/mol. The van der Waals surface area contributed by atoms with Crippen LogP contribution < -0.4 is 9.47 Å². The molecule has 0 aliphatic heterocycles. The fraction of sp³-hybridized carbons (Fsp3) is 0.400. The Morgan fingerprint density at radius 2 is 2.00 bits per heavy atom. The zero-order valence-electron chi connectivity index (χ0n) is 8.69. The number of nitrogens with zero attached hydrogens (tertiary/aromatic N) is 2. The van der Waals surface area contributed by atoms with E-state index in [1.807, 2.05) is 25.3 Å². The Labute approximate surface area is 91.9 Å². The van der Waals surface area contributed by atoms with Crippen molar-refractivity contribution in [3.63, 3.8) is 0 Å².